The van der Waals surface area contributed by atoms with E-state index in [-0.39, 0.29) is 0 Å². The summed E-state index contributed by atoms with van der Waals surface area (Å²) in [5, 5.41) is 4.15. The van der Waals surface area contributed by atoms with Crippen molar-refractivity contribution in [2.75, 3.05) is 0 Å². The van der Waals surface area contributed by atoms with E-state index in [1.54, 1.807) is 6.20 Å². The molecular formula is C9H15N3. The van der Waals surface area contributed by atoms with E-state index in [2.05, 4.69) is 18.6 Å². The van der Waals surface area contributed by atoms with Crippen LogP contribution >= 0.6 is 0 Å². The molecule has 0 aromatic carbocycles. The minimum Gasteiger partial charge on any atom is -0.325 e. The zero-order chi connectivity index (χ0) is 8.97. The molecule has 0 aliphatic carbocycles. The quantitative estimate of drug-likeness (QED) is 0.683. The van der Waals surface area contributed by atoms with Crippen molar-refractivity contribution in [2.45, 2.75) is 26.4 Å². The zero-order valence-corrected chi connectivity index (χ0v) is 7.45. The zero-order valence-electron chi connectivity index (χ0n) is 7.45. The second-order valence-electron chi connectivity index (χ2n) is 2.79. The van der Waals surface area contributed by atoms with Crippen molar-refractivity contribution in [1.82, 2.24) is 9.78 Å². The van der Waals surface area contributed by atoms with E-state index in [1.807, 2.05) is 10.7 Å². The van der Waals surface area contributed by atoms with Gasteiger partial charge in [-0.15, -0.1) is 0 Å². The molecule has 1 rings (SSSR count). The monoisotopic (exact) mass is 165 g/mol. The summed E-state index contributed by atoms with van der Waals surface area (Å²) in [6, 6.07) is 1.93. The average molecular weight is 165 g/mol. The fourth-order valence-electron chi connectivity index (χ4n) is 0.999. The highest BCUT2D eigenvalue weighted by molar-refractivity contribution is 5.03. The van der Waals surface area contributed by atoms with Gasteiger partial charge in [-0.1, -0.05) is 19.1 Å². The SMILES string of the molecule is C=C(CC)Cn1nccc1CN. The van der Waals surface area contributed by atoms with Crippen molar-refractivity contribution >= 4 is 0 Å². The van der Waals surface area contributed by atoms with Crippen LogP contribution < -0.4 is 5.73 Å². The van der Waals surface area contributed by atoms with Crippen LogP contribution in [-0.4, -0.2) is 9.78 Å². The predicted molar refractivity (Wildman–Crippen MR) is 49.5 cm³/mol. The molecule has 0 spiro atoms. The van der Waals surface area contributed by atoms with Crippen molar-refractivity contribution in [3.63, 3.8) is 0 Å². The lowest BCUT2D eigenvalue weighted by Gasteiger charge is -2.06. The molecule has 0 fully saturated rings. The molecule has 3 nitrogen and oxygen atoms in total. The van der Waals surface area contributed by atoms with E-state index in [9.17, 15) is 0 Å². The maximum Gasteiger partial charge on any atom is 0.0620 e. The van der Waals surface area contributed by atoms with Crippen LogP contribution in [0.25, 0.3) is 0 Å². The number of hydrogen-bond acceptors (Lipinski definition) is 2. The molecule has 0 saturated carbocycles. The normalized spacial score (nSPS) is 10.2. The molecule has 1 aromatic heterocycles. The third-order valence-electron chi connectivity index (χ3n) is 1.89. The first-order chi connectivity index (χ1) is 5.77. The molecule has 1 aromatic rings. The Hall–Kier alpha value is -1.09. The van der Waals surface area contributed by atoms with Crippen LogP contribution in [0.1, 0.15) is 19.0 Å². The van der Waals surface area contributed by atoms with E-state index in [4.69, 9.17) is 5.73 Å². The number of nitrogens with zero attached hydrogens (tertiary/aromatic N) is 2. The third kappa shape index (κ3) is 1.95. The molecule has 3 heteroatoms. The van der Waals surface area contributed by atoms with Crippen molar-refractivity contribution in [2.24, 2.45) is 5.73 Å². The van der Waals surface area contributed by atoms with Gasteiger partial charge in [0.15, 0.2) is 0 Å². The molecule has 12 heavy (non-hydrogen) atoms. The maximum absolute atomic E-state index is 5.52. The smallest absolute Gasteiger partial charge is 0.0620 e. The Morgan fingerprint density at radius 1 is 1.75 bits per heavy atom. The highest BCUT2D eigenvalue weighted by atomic mass is 15.3. The van der Waals surface area contributed by atoms with Crippen LogP contribution in [0.2, 0.25) is 0 Å². The van der Waals surface area contributed by atoms with Crippen LogP contribution in [0, 0.1) is 0 Å². The van der Waals surface area contributed by atoms with Gasteiger partial charge in [0.05, 0.1) is 12.2 Å². The number of hydrogen-bond donors (Lipinski definition) is 1. The molecule has 0 aliphatic rings. The summed E-state index contributed by atoms with van der Waals surface area (Å²) < 4.78 is 1.89. The Balaban J connectivity index is 2.68. The first-order valence-electron chi connectivity index (χ1n) is 4.15. The lowest BCUT2D eigenvalue weighted by molar-refractivity contribution is 0.628. The predicted octanol–water partition coefficient (Wildman–Crippen LogP) is 1.31. The summed E-state index contributed by atoms with van der Waals surface area (Å²) in [5.74, 6) is 0. The number of nitrogens with two attached hydrogens (primary N) is 1. The molecule has 0 radical (unpaired) electrons. The summed E-state index contributed by atoms with van der Waals surface area (Å²) >= 11 is 0. The lowest BCUT2D eigenvalue weighted by Crippen LogP contribution is -2.09. The van der Waals surface area contributed by atoms with Gasteiger partial charge in [-0.05, 0) is 12.5 Å². The Morgan fingerprint density at radius 3 is 3.08 bits per heavy atom. The van der Waals surface area contributed by atoms with Gasteiger partial charge in [0.25, 0.3) is 0 Å². The van der Waals surface area contributed by atoms with E-state index < -0.39 is 0 Å². The Labute approximate surface area is 72.9 Å². The highest BCUT2D eigenvalue weighted by Crippen LogP contribution is 2.04. The fourth-order valence-corrected chi connectivity index (χ4v) is 0.999. The Kier molecular flexibility index (Phi) is 3.05. The van der Waals surface area contributed by atoms with Crippen molar-refractivity contribution in [3.05, 3.63) is 30.1 Å². The number of rotatable bonds is 4. The second-order valence-corrected chi connectivity index (χ2v) is 2.79. The highest BCUT2D eigenvalue weighted by Gasteiger charge is 2.00. The average Bonchev–Trinajstić information content (AvgIpc) is 2.51. The molecule has 0 amide bonds. The summed E-state index contributed by atoms with van der Waals surface area (Å²) in [6.07, 6.45) is 2.76. The summed E-state index contributed by atoms with van der Waals surface area (Å²) in [4.78, 5) is 0. The Bertz CT molecular complexity index is 262. The summed E-state index contributed by atoms with van der Waals surface area (Å²) in [5.41, 5.74) is 7.76. The largest absolute Gasteiger partial charge is 0.325 e. The van der Waals surface area contributed by atoms with Gasteiger partial charge < -0.3 is 5.73 Å². The Morgan fingerprint density at radius 2 is 2.50 bits per heavy atom. The minimum absolute atomic E-state index is 0.539. The van der Waals surface area contributed by atoms with Gasteiger partial charge in [-0.2, -0.15) is 5.10 Å². The number of aromatic nitrogens is 2. The lowest BCUT2D eigenvalue weighted by atomic mass is 10.2. The van der Waals surface area contributed by atoms with Crippen LogP contribution in [0.15, 0.2) is 24.4 Å². The molecule has 0 atom stereocenters. The van der Waals surface area contributed by atoms with Gasteiger partial charge in [-0.25, -0.2) is 0 Å². The van der Waals surface area contributed by atoms with Gasteiger partial charge in [0.1, 0.15) is 0 Å². The van der Waals surface area contributed by atoms with Gasteiger partial charge >= 0.3 is 0 Å². The third-order valence-corrected chi connectivity index (χ3v) is 1.89. The molecule has 0 unspecified atom stereocenters. The van der Waals surface area contributed by atoms with Crippen LogP contribution in [-0.2, 0) is 13.1 Å². The van der Waals surface area contributed by atoms with Crippen molar-refractivity contribution in [3.8, 4) is 0 Å². The molecule has 2 N–H and O–H groups in total. The number of allylic oxidation sites excluding steroid dienone is 1. The second kappa shape index (κ2) is 4.07. The molecule has 0 saturated heterocycles. The van der Waals surface area contributed by atoms with Crippen LogP contribution in [0.4, 0.5) is 0 Å². The standard InChI is InChI=1S/C9H15N3/c1-3-8(2)7-12-9(6-10)4-5-11-12/h4-5H,2-3,6-7,10H2,1H3. The first-order valence-corrected chi connectivity index (χ1v) is 4.15. The maximum atomic E-state index is 5.52. The van der Waals surface area contributed by atoms with Crippen molar-refractivity contribution < 1.29 is 0 Å². The molecule has 66 valence electrons. The fraction of sp³-hybridized carbons (Fsp3) is 0.444. The molecule has 1 heterocycles. The summed E-state index contributed by atoms with van der Waals surface area (Å²) in [7, 11) is 0. The van der Waals surface area contributed by atoms with E-state index in [1.165, 1.54) is 5.57 Å². The van der Waals surface area contributed by atoms with Gasteiger partial charge in [-0.3, -0.25) is 4.68 Å². The molecular weight excluding hydrogens is 150 g/mol. The van der Waals surface area contributed by atoms with E-state index >= 15 is 0 Å². The molecule has 0 bridgehead atoms. The van der Waals surface area contributed by atoms with Gasteiger partial charge in [0, 0.05) is 12.7 Å². The molecule has 0 aliphatic heterocycles. The van der Waals surface area contributed by atoms with E-state index in [0.29, 0.717) is 6.54 Å². The first kappa shape index (κ1) is 9.00. The van der Waals surface area contributed by atoms with E-state index in [0.717, 1.165) is 18.7 Å². The topological polar surface area (TPSA) is 43.8 Å². The van der Waals surface area contributed by atoms with Crippen LogP contribution in [0.5, 0.6) is 0 Å². The van der Waals surface area contributed by atoms with Gasteiger partial charge in [0.2, 0.25) is 0 Å². The summed E-state index contributed by atoms with van der Waals surface area (Å²) in [6.45, 7) is 7.34. The minimum atomic E-state index is 0.539. The van der Waals surface area contributed by atoms with Crippen molar-refractivity contribution in [1.29, 1.82) is 0 Å². The van der Waals surface area contributed by atoms with Crippen LogP contribution in [0.3, 0.4) is 0 Å².